The van der Waals surface area contributed by atoms with E-state index in [9.17, 15) is 0 Å². The Morgan fingerprint density at radius 3 is 2.45 bits per heavy atom. The molecule has 0 radical (unpaired) electrons. The second-order valence-electron chi connectivity index (χ2n) is 5.78. The number of hydrogen-bond donors (Lipinski definition) is 2. The van der Waals surface area contributed by atoms with Crippen LogP contribution in [0.25, 0.3) is 11.4 Å². The van der Waals surface area contributed by atoms with Crippen molar-refractivity contribution in [2.24, 2.45) is 5.84 Å². The van der Waals surface area contributed by atoms with Crippen LogP contribution in [0.2, 0.25) is 0 Å². The van der Waals surface area contributed by atoms with E-state index in [0.717, 1.165) is 17.1 Å². The topological polar surface area (TPSA) is 63.8 Å². The van der Waals surface area contributed by atoms with E-state index in [0.29, 0.717) is 17.7 Å². The van der Waals surface area contributed by atoms with Crippen LogP contribution in [0.5, 0.6) is 0 Å². The highest BCUT2D eigenvalue weighted by Crippen LogP contribution is 2.44. The molecule has 2 aliphatic rings. The smallest absolute Gasteiger partial charge is 0.162 e. The maximum absolute atomic E-state index is 5.56. The number of nitrogen functional groups attached to an aromatic ring is 1. The van der Waals surface area contributed by atoms with Gasteiger partial charge in [0.25, 0.3) is 0 Å². The zero-order valence-electron chi connectivity index (χ0n) is 11.3. The van der Waals surface area contributed by atoms with Gasteiger partial charge >= 0.3 is 0 Å². The molecule has 4 heteroatoms. The fraction of sp³-hybridized carbons (Fsp3) is 0.375. The molecule has 3 N–H and O–H groups in total. The summed E-state index contributed by atoms with van der Waals surface area (Å²) in [4.78, 5) is 9.33. The van der Waals surface area contributed by atoms with Crippen LogP contribution < -0.4 is 11.3 Å². The Balaban J connectivity index is 1.82. The fourth-order valence-electron chi connectivity index (χ4n) is 2.70. The van der Waals surface area contributed by atoms with Crippen molar-refractivity contribution in [2.75, 3.05) is 5.43 Å². The molecular formula is C16H18N4. The summed E-state index contributed by atoms with van der Waals surface area (Å²) in [5.74, 6) is 8.36. The van der Waals surface area contributed by atoms with Crippen LogP contribution in [0.1, 0.15) is 48.8 Å². The van der Waals surface area contributed by atoms with Gasteiger partial charge in [0.2, 0.25) is 0 Å². The van der Waals surface area contributed by atoms with E-state index in [1.807, 2.05) is 6.07 Å². The minimum absolute atomic E-state index is 0.594. The van der Waals surface area contributed by atoms with Crippen molar-refractivity contribution < 1.29 is 0 Å². The van der Waals surface area contributed by atoms with Crippen LogP contribution in [-0.2, 0) is 0 Å². The lowest BCUT2D eigenvalue weighted by Gasteiger charge is -2.10. The number of nitrogens with two attached hydrogens (primary N) is 1. The first-order valence-electron chi connectivity index (χ1n) is 7.30. The SMILES string of the molecule is NNc1cc(C2CC2)nc(-c2ccccc2C2CC2)n1. The molecular weight excluding hydrogens is 248 g/mol. The molecule has 102 valence electrons. The molecule has 0 aliphatic heterocycles. The van der Waals surface area contributed by atoms with E-state index < -0.39 is 0 Å². The number of aromatic nitrogens is 2. The second kappa shape index (κ2) is 4.56. The van der Waals surface area contributed by atoms with Crippen LogP contribution in [0.4, 0.5) is 5.82 Å². The van der Waals surface area contributed by atoms with Crippen molar-refractivity contribution in [3.05, 3.63) is 41.6 Å². The molecule has 0 atom stereocenters. The lowest BCUT2D eigenvalue weighted by molar-refractivity contribution is 0.985. The highest BCUT2D eigenvalue weighted by Gasteiger charge is 2.29. The molecule has 2 aromatic rings. The second-order valence-corrected chi connectivity index (χ2v) is 5.78. The van der Waals surface area contributed by atoms with Gasteiger partial charge in [0, 0.05) is 23.2 Å². The van der Waals surface area contributed by atoms with Crippen LogP contribution >= 0.6 is 0 Å². The predicted molar refractivity (Wildman–Crippen MR) is 79.2 cm³/mol. The third-order valence-electron chi connectivity index (χ3n) is 4.11. The largest absolute Gasteiger partial charge is 0.308 e. The van der Waals surface area contributed by atoms with E-state index >= 15 is 0 Å². The minimum atomic E-state index is 0.594. The van der Waals surface area contributed by atoms with Gasteiger partial charge in [-0.25, -0.2) is 15.8 Å². The summed E-state index contributed by atoms with van der Waals surface area (Å²) in [5.41, 5.74) is 6.33. The van der Waals surface area contributed by atoms with Gasteiger partial charge in [-0.2, -0.15) is 0 Å². The summed E-state index contributed by atoms with van der Waals surface area (Å²) in [6.45, 7) is 0. The van der Waals surface area contributed by atoms with Gasteiger partial charge < -0.3 is 5.43 Å². The summed E-state index contributed by atoms with van der Waals surface area (Å²) >= 11 is 0. The zero-order chi connectivity index (χ0) is 13.5. The number of hydrazine groups is 1. The summed E-state index contributed by atoms with van der Waals surface area (Å²) in [6.07, 6.45) is 5.01. The Bertz CT molecular complexity index is 645. The lowest BCUT2D eigenvalue weighted by atomic mass is 10.0. The van der Waals surface area contributed by atoms with Crippen molar-refractivity contribution in [2.45, 2.75) is 37.5 Å². The molecule has 2 fully saturated rings. The third kappa shape index (κ3) is 2.16. The molecule has 20 heavy (non-hydrogen) atoms. The van der Waals surface area contributed by atoms with Crippen LogP contribution in [-0.4, -0.2) is 9.97 Å². The highest BCUT2D eigenvalue weighted by atomic mass is 15.3. The molecule has 0 amide bonds. The first-order chi connectivity index (χ1) is 9.85. The van der Waals surface area contributed by atoms with Crippen molar-refractivity contribution in [3.63, 3.8) is 0 Å². The molecule has 2 aliphatic carbocycles. The number of anilines is 1. The van der Waals surface area contributed by atoms with Crippen molar-refractivity contribution >= 4 is 5.82 Å². The molecule has 0 bridgehead atoms. The molecule has 1 heterocycles. The van der Waals surface area contributed by atoms with E-state index in [1.165, 1.54) is 31.2 Å². The lowest BCUT2D eigenvalue weighted by Crippen LogP contribution is -2.10. The minimum Gasteiger partial charge on any atom is -0.308 e. The summed E-state index contributed by atoms with van der Waals surface area (Å²) < 4.78 is 0. The molecule has 4 rings (SSSR count). The molecule has 2 saturated carbocycles. The highest BCUT2D eigenvalue weighted by molar-refractivity contribution is 5.64. The van der Waals surface area contributed by atoms with Crippen LogP contribution in [0.15, 0.2) is 30.3 Å². The summed E-state index contributed by atoms with van der Waals surface area (Å²) in [5, 5.41) is 0. The Hall–Kier alpha value is -1.94. The Morgan fingerprint density at radius 2 is 1.75 bits per heavy atom. The predicted octanol–water partition coefficient (Wildman–Crippen LogP) is 3.18. The first-order valence-corrected chi connectivity index (χ1v) is 7.30. The zero-order valence-corrected chi connectivity index (χ0v) is 11.3. The van der Waals surface area contributed by atoms with Gasteiger partial charge in [0.15, 0.2) is 5.82 Å². The quantitative estimate of drug-likeness (QED) is 0.659. The normalized spacial score (nSPS) is 18.1. The monoisotopic (exact) mass is 266 g/mol. The Labute approximate surface area is 118 Å². The van der Waals surface area contributed by atoms with Gasteiger partial charge in [-0.05, 0) is 37.2 Å². The molecule has 0 saturated heterocycles. The average molecular weight is 266 g/mol. The number of rotatable bonds is 4. The van der Waals surface area contributed by atoms with Gasteiger partial charge in [0.1, 0.15) is 5.82 Å². The van der Waals surface area contributed by atoms with Crippen LogP contribution in [0.3, 0.4) is 0 Å². The van der Waals surface area contributed by atoms with Gasteiger partial charge in [-0.15, -0.1) is 0 Å². The number of nitrogens with zero attached hydrogens (tertiary/aromatic N) is 2. The van der Waals surface area contributed by atoms with Gasteiger partial charge in [-0.3, -0.25) is 0 Å². The molecule has 1 aromatic heterocycles. The summed E-state index contributed by atoms with van der Waals surface area (Å²) in [7, 11) is 0. The van der Waals surface area contributed by atoms with Crippen molar-refractivity contribution in [1.82, 2.24) is 9.97 Å². The first kappa shape index (κ1) is 11.9. The molecule has 1 aromatic carbocycles. The van der Waals surface area contributed by atoms with E-state index in [-0.39, 0.29) is 0 Å². The maximum Gasteiger partial charge on any atom is 0.162 e. The molecule has 0 spiro atoms. The number of benzene rings is 1. The van der Waals surface area contributed by atoms with Crippen molar-refractivity contribution in [3.8, 4) is 11.4 Å². The molecule has 4 nitrogen and oxygen atoms in total. The van der Waals surface area contributed by atoms with Gasteiger partial charge in [-0.1, -0.05) is 24.3 Å². The number of hydrogen-bond acceptors (Lipinski definition) is 4. The van der Waals surface area contributed by atoms with E-state index in [4.69, 9.17) is 10.8 Å². The maximum atomic E-state index is 5.56. The molecule has 0 unspecified atom stereocenters. The average Bonchev–Trinajstić information content (AvgIpc) is 3.39. The Morgan fingerprint density at radius 1 is 1.00 bits per heavy atom. The Kier molecular flexibility index (Phi) is 2.70. The van der Waals surface area contributed by atoms with Crippen LogP contribution in [0, 0.1) is 0 Å². The van der Waals surface area contributed by atoms with Crippen molar-refractivity contribution in [1.29, 1.82) is 0 Å². The van der Waals surface area contributed by atoms with E-state index in [2.05, 4.69) is 34.7 Å². The third-order valence-corrected chi connectivity index (χ3v) is 4.11. The summed E-state index contributed by atoms with van der Waals surface area (Å²) in [6, 6.07) is 10.5. The van der Waals surface area contributed by atoms with E-state index in [1.54, 1.807) is 0 Å². The standard InChI is InChI=1S/C16H18N4/c17-20-15-9-14(11-7-8-11)18-16(19-15)13-4-2-1-3-12(13)10-5-6-10/h1-4,9-11H,5-8,17H2,(H,18,19,20). The number of nitrogens with one attached hydrogen (secondary N) is 1. The fourth-order valence-corrected chi connectivity index (χ4v) is 2.70. The van der Waals surface area contributed by atoms with Gasteiger partial charge in [0.05, 0.1) is 0 Å².